The van der Waals surface area contributed by atoms with Crippen LogP contribution >= 0.6 is 11.6 Å². The highest BCUT2D eigenvalue weighted by molar-refractivity contribution is 6.29. The quantitative estimate of drug-likeness (QED) is 0.926. The number of hydrogen-bond acceptors (Lipinski definition) is 3. The van der Waals surface area contributed by atoms with Crippen LogP contribution in [0, 0.1) is 0 Å². The lowest BCUT2D eigenvalue weighted by Gasteiger charge is -2.12. The number of amides is 1. The second kappa shape index (κ2) is 5.14. The summed E-state index contributed by atoms with van der Waals surface area (Å²) in [6.45, 7) is 0. The van der Waals surface area contributed by atoms with Gasteiger partial charge in [-0.2, -0.15) is 0 Å². The summed E-state index contributed by atoms with van der Waals surface area (Å²) in [5.74, 6) is -0.129. The van der Waals surface area contributed by atoms with Crippen LogP contribution in [0.1, 0.15) is 10.6 Å². The Morgan fingerprint density at radius 3 is 2.33 bits per heavy atom. The summed E-state index contributed by atoms with van der Waals surface area (Å²) >= 11 is 5.61. The molecular weight excluding hydrogens is 252 g/mol. The van der Waals surface area contributed by atoms with Crippen molar-refractivity contribution in [2.24, 2.45) is 0 Å². The molecule has 2 rings (SSSR count). The van der Waals surface area contributed by atoms with Gasteiger partial charge >= 0.3 is 0 Å². The highest BCUT2D eigenvalue weighted by Crippen LogP contribution is 2.18. The third kappa shape index (κ3) is 2.84. The Labute approximate surface area is 110 Å². The molecule has 0 aliphatic rings. The maximum atomic E-state index is 11.8. The summed E-state index contributed by atoms with van der Waals surface area (Å²) in [7, 11) is 3.91. The molecule has 0 radical (unpaired) electrons. The van der Waals surface area contributed by atoms with Crippen molar-refractivity contribution in [1.82, 2.24) is 0 Å². The second-order valence-corrected chi connectivity index (χ2v) is 4.37. The molecule has 0 aliphatic heterocycles. The lowest BCUT2D eigenvalue weighted by Crippen LogP contribution is -2.11. The van der Waals surface area contributed by atoms with Gasteiger partial charge in [-0.05, 0) is 48.0 Å². The smallest absolute Gasteiger partial charge is 0.291 e. The molecule has 1 N–H and O–H groups in total. The Kier molecular flexibility index (Phi) is 3.58. The summed E-state index contributed by atoms with van der Waals surface area (Å²) in [6, 6.07) is 10.6. The molecule has 1 heterocycles. The van der Waals surface area contributed by atoms with Crippen LogP contribution in [-0.2, 0) is 0 Å². The first-order valence-corrected chi connectivity index (χ1v) is 5.78. The molecule has 0 saturated carbocycles. The zero-order valence-electron chi connectivity index (χ0n) is 10.1. The number of halogens is 1. The van der Waals surface area contributed by atoms with Gasteiger partial charge in [0.1, 0.15) is 0 Å². The lowest BCUT2D eigenvalue weighted by atomic mass is 10.2. The molecule has 1 aromatic heterocycles. The van der Waals surface area contributed by atoms with E-state index >= 15 is 0 Å². The van der Waals surface area contributed by atoms with E-state index in [2.05, 4.69) is 5.32 Å². The van der Waals surface area contributed by atoms with Crippen LogP contribution in [0.15, 0.2) is 40.8 Å². The summed E-state index contributed by atoms with van der Waals surface area (Å²) in [5, 5.41) is 2.93. The zero-order chi connectivity index (χ0) is 13.1. The van der Waals surface area contributed by atoms with Crippen LogP contribution in [-0.4, -0.2) is 20.0 Å². The number of carbonyl (C=O) groups excluding carboxylic acids is 1. The van der Waals surface area contributed by atoms with Gasteiger partial charge < -0.3 is 14.6 Å². The van der Waals surface area contributed by atoms with Crippen LogP contribution in [0.2, 0.25) is 5.22 Å². The number of anilines is 2. The summed E-state index contributed by atoms with van der Waals surface area (Å²) in [6.07, 6.45) is 0. The first-order chi connectivity index (χ1) is 8.56. The average molecular weight is 265 g/mol. The van der Waals surface area contributed by atoms with Crippen molar-refractivity contribution in [3.05, 3.63) is 47.4 Å². The standard InChI is InChI=1S/C13H13ClN2O2/c1-16(2)10-5-3-9(4-6-10)15-13(17)11-7-8-12(14)18-11/h3-8H,1-2H3,(H,15,17). The van der Waals surface area contributed by atoms with Crippen molar-refractivity contribution in [3.8, 4) is 0 Å². The molecule has 0 bridgehead atoms. The van der Waals surface area contributed by atoms with E-state index in [-0.39, 0.29) is 16.9 Å². The lowest BCUT2D eigenvalue weighted by molar-refractivity contribution is 0.0997. The fourth-order valence-corrected chi connectivity index (χ4v) is 1.62. The maximum Gasteiger partial charge on any atom is 0.291 e. The Morgan fingerprint density at radius 1 is 1.17 bits per heavy atom. The Morgan fingerprint density at radius 2 is 1.83 bits per heavy atom. The molecule has 0 aliphatic carbocycles. The average Bonchev–Trinajstić information content (AvgIpc) is 2.76. The first-order valence-electron chi connectivity index (χ1n) is 5.40. The van der Waals surface area contributed by atoms with Crippen LogP contribution in [0.5, 0.6) is 0 Å². The third-order valence-corrected chi connectivity index (χ3v) is 2.64. The van der Waals surface area contributed by atoms with E-state index in [1.165, 1.54) is 12.1 Å². The Hall–Kier alpha value is -1.94. The number of furan rings is 1. The SMILES string of the molecule is CN(C)c1ccc(NC(=O)c2ccc(Cl)o2)cc1. The number of nitrogens with one attached hydrogen (secondary N) is 1. The van der Waals surface area contributed by atoms with Gasteiger partial charge in [-0.1, -0.05) is 0 Å². The minimum Gasteiger partial charge on any atom is -0.440 e. The van der Waals surface area contributed by atoms with E-state index in [0.717, 1.165) is 5.69 Å². The second-order valence-electron chi connectivity index (χ2n) is 4.00. The summed E-state index contributed by atoms with van der Waals surface area (Å²) in [5.41, 5.74) is 1.77. The minimum atomic E-state index is -0.320. The van der Waals surface area contributed by atoms with Gasteiger partial charge in [-0.3, -0.25) is 4.79 Å². The van der Waals surface area contributed by atoms with Gasteiger partial charge in [0.2, 0.25) is 0 Å². The molecule has 2 aromatic rings. The highest BCUT2D eigenvalue weighted by Gasteiger charge is 2.10. The van der Waals surface area contributed by atoms with Crippen molar-refractivity contribution in [2.75, 3.05) is 24.3 Å². The van der Waals surface area contributed by atoms with E-state index in [4.69, 9.17) is 16.0 Å². The predicted octanol–water partition coefficient (Wildman–Crippen LogP) is 3.25. The largest absolute Gasteiger partial charge is 0.440 e. The molecule has 0 spiro atoms. The van der Waals surface area contributed by atoms with Crippen LogP contribution in [0.4, 0.5) is 11.4 Å². The molecule has 0 saturated heterocycles. The molecule has 1 aromatic carbocycles. The monoisotopic (exact) mass is 264 g/mol. The molecule has 94 valence electrons. The molecular formula is C13H13ClN2O2. The molecule has 0 fully saturated rings. The molecule has 0 unspecified atom stereocenters. The predicted molar refractivity (Wildman–Crippen MR) is 72.4 cm³/mol. The highest BCUT2D eigenvalue weighted by atomic mass is 35.5. The van der Waals surface area contributed by atoms with Crippen molar-refractivity contribution in [2.45, 2.75) is 0 Å². The fourth-order valence-electron chi connectivity index (χ4n) is 1.47. The van der Waals surface area contributed by atoms with Gasteiger partial charge in [0, 0.05) is 25.5 Å². The number of carbonyl (C=O) groups is 1. The van der Waals surface area contributed by atoms with Gasteiger partial charge in [-0.25, -0.2) is 0 Å². The maximum absolute atomic E-state index is 11.8. The minimum absolute atomic E-state index is 0.191. The third-order valence-electron chi connectivity index (χ3n) is 2.44. The number of nitrogens with zero attached hydrogens (tertiary/aromatic N) is 1. The van der Waals surface area contributed by atoms with Crippen molar-refractivity contribution >= 4 is 28.9 Å². The van der Waals surface area contributed by atoms with E-state index in [9.17, 15) is 4.79 Å². The molecule has 4 nitrogen and oxygen atoms in total. The molecule has 18 heavy (non-hydrogen) atoms. The first kappa shape index (κ1) is 12.5. The zero-order valence-corrected chi connectivity index (χ0v) is 10.9. The van der Waals surface area contributed by atoms with Gasteiger partial charge in [-0.15, -0.1) is 0 Å². The van der Waals surface area contributed by atoms with E-state index in [1.54, 1.807) is 0 Å². The molecule has 0 atom stereocenters. The van der Waals surface area contributed by atoms with E-state index in [0.29, 0.717) is 5.69 Å². The summed E-state index contributed by atoms with van der Waals surface area (Å²) in [4.78, 5) is 13.8. The van der Waals surface area contributed by atoms with Crippen molar-refractivity contribution < 1.29 is 9.21 Å². The Balaban J connectivity index is 2.07. The van der Waals surface area contributed by atoms with Crippen molar-refractivity contribution in [3.63, 3.8) is 0 Å². The van der Waals surface area contributed by atoms with Gasteiger partial charge in [0.05, 0.1) is 0 Å². The normalized spacial score (nSPS) is 10.2. The van der Waals surface area contributed by atoms with Gasteiger partial charge in [0.25, 0.3) is 5.91 Å². The van der Waals surface area contributed by atoms with E-state index < -0.39 is 0 Å². The fraction of sp³-hybridized carbons (Fsp3) is 0.154. The number of benzene rings is 1. The summed E-state index contributed by atoms with van der Waals surface area (Å²) < 4.78 is 5.02. The van der Waals surface area contributed by atoms with Crippen molar-refractivity contribution in [1.29, 1.82) is 0 Å². The van der Waals surface area contributed by atoms with E-state index in [1.807, 2.05) is 43.3 Å². The molecule has 1 amide bonds. The van der Waals surface area contributed by atoms with Crippen LogP contribution in [0.25, 0.3) is 0 Å². The number of hydrogen-bond donors (Lipinski definition) is 1. The topological polar surface area (TPSA) is 45.5 Å². The molecule has 5 heteroatoms. The van der Waals surface area contributed by atoms with Crippen LogP contribution < -0.4 is 10.2 Å². The number of rotatable bonds is 3. The van der Waals surface area contributed by atoms with Gasteiger partial charge in [0.15, 0.2) is 11.0 Å². The Bertz CT molecular complexity index is 546. The van der Waals surface area contributed by atoms with Crippen LogP contribution in [0.3, 0.4) is 0 Å².